The molecule has 2 fully saturated rings. The minimum Gasteiger partial charge on any atom is -0.508 e. The first-order valence-electron chi connectivity index (χ1n) is 9.32. The van der Waals surface area contributed by atoms with Gasteiger partial charge in [0.2, 0.25) is 6.61 Å². The third-order valence-electron chi connectivity index (χ3n) is 6.93. The fourth-order valence-electron chi connectivity index (χ4n) is 5.63. The lowest BCUT2D eigenvalue weighted by Crippen LogP contribution is -2.45. The largest absolute Gasteiger partial charge is 0.508 e. The maximum atomic E-state index is 10.7. The van der Waals surface area contributed by atoms with Gasteiger partial charge in [-0.1, -0.05) is 18.1 Å². The molecule has 0 amide bonds. The summed E-state index contributed by atoms with van der Waals surface area (Å²) in [6.07, 6.45) is 4.30. The number of carboxylic acid groups (broad SMARTS) is 1. The third-order valence-corrected chi connectivity index (χ3v) is 6.93. The van der Waals surface area contributed by atoms with Crippen LogP contribution in [-0.4, -0.2) is 39.7 Å². The highest BCUT2D eigenvalue weighted by molar-refractivity contribution is 6.03. The average Bonchev–Trinajstić information content (AvgIpc) is 2.90. The summed E-state index contributed by atoms with van der Waals surface area (Å²) in [7, 11) is 0. The van der Waals surface area contributed by atoms with Gasteiger partial charge in [0, 0.05) is 5.56 Å². The Bertz CT molecular complexity index is 761. The normalized spacial score (nSPS) is 36.9. The molecule has 1 aromatic rings. The van der Waals surface area contributed by atoms with Crippen LogP contribution in [0.2, 0.25) is 0 Å². The summed E-state index contributed by atoms with van der Waals surface area (Å²) in [6.45, 7) is 1.72. The Hall–Kier alpha value is -2.08. The molecule has 0 radical (unpaired) electrons. The van der Waals surface area contributed by atoms with Gasteiger partial charge < -0.3 is 20.2 Å². The van der Waals surface area contributed by atoms with Gasteiger partial charge >= 0.3 is 5.97 Å². The van der Waals surface area contributed by atoms with Crippen LogP contribution in [-0.2, 0) is 9.63 Å². The van der Waals surface area contributed by atoms with Gasteiger partial charge in [-0.15, -0.1) is 0 Å². The summed E-state index contributed by atoms with van der Waals surface area (Å²) in [4.78, 5) is 15.8. The van der Waals surface area contributed by atoms with Crippen molar-refractivity contribution in [3.63, 3.8) is 0 Å². The molecule has 3 aliphatic carbocycles. The number of aliphatic carboxylic acids is 1. The van der Waals surface area contributed by atoms with Crippen molar-refractivity contribution in [3.8, 4) is 5.75 Å². The number of phenolic OH excluding ortho intramolecular Hbond substituents is 1. The molecule has 3 aliphatic rings. The van der Waals surface area contributed by atoms with Crippen molar-refractivity contribution in [1.29, 1.82) is 0 Å². The van der Waals surface area contributed by atoms with Crippen LogP contribution in [0.3, 0.4) is 0 Å². The van der Waals surface area contributed by atoms with E-state index in [2.05, 4.69) is 12.1 Å². The molecule has 4 rings (SSSR count). The van der Waals surface area contributed by atoms with E-state index in [9.17, 15) is 15.0 Å². The fraction of sp³-hybridized carbons (Fsp3) is 0.600. The van der Waals surface area contributed by atoms with E-state index in [4.69, 9.17) is 9.94 Å². The van der Waals surface area contributed by atoms with Crippen LogP contribution in [0.4, 0.5) is 0 Å². The number of aliphatic hydroxyl groups excluding tert-OH is 1. The van der Waals surface area contributed by atoms with Crippen molar-refractivity contribution in [2.75, 3.05) is 6.61 Å². The summed E-state index contributed by atoms with van der Waals surface area (Å²) < 4.78 is 0. The maximum Gasteiger partial charge on any atom is 0.344 e. The van der Waals surface area contributed by atoms with E-state index in [1.807, 2.05) is 6.07 Å². The van der Waals surface area contributed by atoms with Crippen LogP contribution in [0, 0.1) is 17.3 Å². The minimum absolute atomic E-state index is 0.0530. The Morgan fingerprint density at radius 1 is 1.35 bits per heavy atom. The van der Waals surface area contributed by atoms with Gasteiger partial charge in [-0.05, 0) is 73.0 Å². The van der Waals surface area contributed by atoms with E-state index >= 15 is 0 Å². The third kappa shape index (κ3) is 2.67. The molecular weight excluding hydrogens is 334 g/mol. The Labute approximate surface area is 152 Å². The highest BCUT2D eigenvalue weighted by atomic mass is 16.6. The fourth-order valence-corrected chi connectivity index (χ4v) is 5.63. The second kappa shape index (κ2) is 6.27. The summed E-state index contributed by atoms with van der Waals surface area (Å²) in [5, 5.41) is 33.3. The first-order chi connectivity index (χ1) is 12.4. The van der Waals surface area contributed by atoms with E-state index in [0.29, 0.717) is 29.9 Å². The van der Waals surface area contributed by atoms with Crippen LogP contribution < -0.4 is 0 Å². The Morgan fingerprint density at radius 2 is 2.15 bits per heavy atom. The number of fused-ring (bicyclic) bond motifs is 5. The molecule has 0 bridgehead atoms. The molecular formula is C20H25NO5. The molecule has 6 heteroatoms. The minimum atomic E-state index is -1.07. The predicted octanol–water partition coefficient (Wildman–Crippen LogP) is 2.87. The number of rotatable bonds is 3. The molecule has 0 heterocycles. The standard InChI is InChI=1S/C20H25NO5/c1-20-7-6-13-12-3-2-11(22)8-15(12)17(21-26-10-19(24)25)9-14(13)16(20)4-5-18(20)23/h2-3,8,13-14,16,18,22-23H,4-7,9-10H2,1H3,(H,24,25)/t13-,14-,16+,18-,20+/m1/s1. The molecule has 0 aromatic heterocycles. The zero-order chi connectivity index (χ0) is 18.5. The molecule has 3 N–H and O–H groups in total. The lowest BCUT2D eigenvalue weighted by molar-refractivity contribution is -0.142. The van der Waals surface area contributed by atoms with Gasteiger partial charge in [-0.2, -0.15) is 0 Å². The topological polar surface area (TPSA) is 99.4 Å². The maximum absolute atomic E-state index is 10.7. The molecule has 0 unspecified atom stereocenters. The Kier molecular flexibility index (Phi) is 4.18. The van der Waals surface area contributed by atoms with Crippen molar-refractivity contribution in [3.05, 3.63) is 29.3 Å². The van der Waals surface area contributed by atoms with Gasteiger partial charge in [0.1, 0.15) is 5.75 Å². The molecule has 1 aromatic carbocycles. The van der Waals surface area contributed by atoms with Crippen LogP contribution in [0.5, 0.6) is 5.75 Å². The number of phenols is 1. The number of oxime groups is 1. The van der Waals surface area contributed by atoms with Gasteiger partial charge in [-0.25, -0.2) is 4.79 Å². The summed E-state index contributed by atoms with van der Waals surface area (Å²) >= 11 is 0. The first-order valence-corrected chi connectivity index (χ1v) is 9.32. The zero-order valence-corrected chi connectivity index (χ0v) is 14.9. The molecule has 0 saturated heterocycles. The molecule has 0 aliphatic heterocycles. The van der Waals surface area contributed by atoms with Crippen LogP contribution in [0.15, 0.2) is 23.4 Å². The number of hydrogen-bond acceptors (Lipinski definition) is 5. The molecule has 0 spiro atoms. The summed E-state index contributed by atoms with van der Waals surface area (Å²) in [6, 6.07) is 5.36. The van der Waals surface area contributed by atoms with E-state index in [1.54, 1.807) is 12.1 Å². The monoisotopic (exact) mass is 359 g/mol. The van der Waals surface area contributed by atoms with E-state index in [-0.39, 0.29) is 17.3 Å². The average molecular weight is 359 g/mol. The summed E-state index contributed by atoms with van der Waals surface area (Å²) in [5.74, 6) is 0.263. The second-order valence-electron chi connectivity index (χ2n) is 8.20. The molecule has 26 heavy (non-hydrogen) atoms. The lowest BCUT2D eigenvalue weighted by atomic mass is 9.55. The number of hydrogen-bond donors (Lipinski definition) is 3. The highest BCUT2D eigenvalue weighted by Gasteiger charge is 2.55. The Morgan fingerprint density at radius 3 is 2.92 bits per heavy atom. The number of aromatic hydroxyl groups is 1. The molecule has 140 valence electrons. The van der Waals surface area contributed by atoms with Crippen molar-refractivity contribution < 1.29 is 25.0 Å². The number of benzene rings is 1. The van der Waals surface area contributed by atoms with Crippen LogP contribution in [0.1, 0.15) is 56.1 Å². The van der Waals surface area contributed by atoms with Crippen molar-refractivity contribution in [1.82, 2.24) is 0 Å². The molecule has 6 nitrogen and oxygen atoms in total. The second-order valence-corrected chi connectivity index (χ2v) is 8.20. The van der Waals surface area contributed by atoms with E-state index in [1.165, 1.54) is 0 Å². The van der Waals surface area contributed by atoms with Crippen molar-refractivity contribution >= 4 is 11.7 Å². The van der Waals surface area contributed by atoms with Gasteiger partial charge in [-0.3, -0.25) is 0 Å². The predicted molar refractivity (Wildman–Crippen MR) is 95.2 cm³/mol. The van der Waals surface area contributed by atoms with Crippen molar-refractivity contribution in [2.45, 2.75) is 51.0 Å². The lowest BCUT2D eigenvalue weighted by Gasteiger charge is -2.50. The number of aliphatic hydroxyl groups is 1. The van der Waals surface area contributed by atoms with Gasteiger partial charge in [0.25, 0.3) is 0 Å². The van der Waals surface area contributed by atoms with Crippen LogP contribution in [0.25, 0.3) is 0 Å². The van der Waals surface area contributed by atoms with E-state index < -0.39 is 12.6 Å². The van der Waals surface area contributed by atoms with Crippen molar-refractivity contribution in [2.24, 2.45) is 22.4 Å². The first kappa shape index (κ1) is 17.3. The SMILES string of the molecule is C[C@]12CC[C@@H]3c4ccc(O)cc4C(=NOCC(=O)O)C[C@H]3[C@@H]1CC[C@H]2O. The van der Waals surface area contributed by atoms with Crippen LogP contribution >= 0.6 is 0 Å². The number of carboxylic acids is 1. The number of nitrogens with zero attached hydrogens (tertiary/aromatic N) is 1. The van der Waals surface area contributed by atoms with Gasteiger partial charge in [0.05, 0.1) is 11.8 Å². The highest BCUT2D eigenvalue weighted by Crippen LogP contribution is 2.60. The smallest absolute Gasteiger partial charge is 0.344 e. The molecule has 2 saturated carbocycles. The van der Waals surface area contributed by atoms with Gasteiger partial charge in [0.15, 0.2) is 0 Å². The van der Waals surface area contributed by atoms with E-state index in [0.717, 1.165) is 36.8 Å². The molecule has 5 atom stereocenters. The summed E-state index contributed by atoms with van der Waals surface area (Å²) in [5.41, 5.74) is 2.66. The number of carbonyl (C=O) groups is 1. The Balaban J connectivity index is 1.72. The zero-order valence-electron chi connectivity index (χ0n) is 14.9. The quantitative estimate of drug-likeness (QED) is 0.721.